The smallest absolute Gasteiger partial charge is 0.227 e. The number of likely N-dealkylation sites (tertiary alicyclic amines) is 1. The summed E-state index contributed by atoms with van der Waals surface area (Å²) in [5, 5.41) is 2.96. The van der Waals surface area contributed by atoms with E-state index in [2.05, 4.69) is 5.32 Å². The molecule has 0 spiro atoms. The summed E-state index contributed by atoms with van der Waals surface area (Å²) in [6.45, 7) is 3.62. The van der Waals surface area contributed by atoms with E-state index in [0.29, 0.717) is 19.5 Å². The quantitative estimate of drug-likeness (QED) is 0.803. The molecule has 0 bridgehead atoms. The van der Waals surface area contributed by atoms with Gasteiger partial charge in [-0.05, 0) is 36.6 Å². The van der Waals surface area contributed by atoms with Crippen molar-refractivity contribution in [3.63, 3.8) is 0 Å². The molecular formula is C24H27N3O3. The number of anilines is 1. The summed E-state index contributed by atoms with van der Waals surface area (Å²) in [5.74, 6) is -0.238. The number of benzene rings is 2. The predicted octanol–water partition coefficient (Wildman–Crippen LogP) is 3.04. The van der Waals surface area contributed by atoms with Crippen LogP contribution in [0, 0.1) is 5.92 Å². The minimum Gasteiger partial charge on any atom is -0.352 e. The summed E-state index contributed by atoms with van der Waals surface area (Å²) < 4.78 is 0. The molecule has 4 rings (SSSR count). The lowest BCUT2D eigenvalue weighted by atomic mass is 10.1. The second kappa shape index (κ2) is 8.69. The maximum atomic E-state index is 12.6. The Morgan fingerprint density at radius 3 is 2.47 bits per heavy atom. The van der Waals surface area contributed by atoms with Crippen molar-refractivity contribution in [3.05, 3.63) is 65.7 Å². The van der Waals surface area contributed by atoms with Crippen molar-refractivity contribution in [2.24, 2.45) is 5.92 Å². The molecule has 30 heavy (non-hydrogen) atoms. The molecule has 2 atom stereocenters. The van der Waals surface area contributed by atoms with Crippen LogP contribution in [0.3, 0.4) is 0 Å². The number of carbonyl (C=O) groups is 3. The van der Waals surface area contributed by atoms with Crippen LogP contribution in [0.5, 0.6) is 0 Å². The van der Waals surface area contributed by atoms with Gasteiger partial charge in [0, 0.05) is 38.2 Å². The third-order valence-electron chi connectivity index (χ3n) is 6.07. The average Bonchev–Trinajstić information content (AvgIpc) is 3.38. The van der Waals surface area contributed by atoms with Gasteiger partial charge in [-0.1, -0.05) is 42.5 Å². The van der Waals surface area contributed by atoms with E-state index in [-0.39, 0.29) is 36.1 Å². The monoisotopic (exact) mass is 405 g/mol. The fourth-order valence-corrected chi connectivity index (χ4v) is 4.24. The molecular weight excluding hydrogens is 378 g/mol. The Labute approximate surface area is 176 Å². The van der Waals surface area contributed by atoms with Crippen LogP contribution in [0.15, 0.2) is 54.6 Å². The molecule has 2 saturated heterocycles. The molecule has 6 heteroatoms. The average molecular weight is 405 g/mol. The molecule has 2 aromatic rings. The zero-order valence-corrected chi connectivity index (χ0v) is 17.2. The van der Waals surface area contributed by atoms with E-state index < -0.39 is 0 Å². The molecule has 156 valence electrons. The van der Waals surface area contributed by atoms with Crippen molar-refractivity contribution in [2.75, 3.05) is 18.0 Å². The van der Waals surface area contributed by atoms with Crippen LogP contribution < -0.4 is 10.2 Å². The number of rotatable bonds is 6. The van der Waals surface area contributed by atoms with E-state index in [0.717, 1.165) is 29.8 Å². The molecule has 0 unspecified atom stereocenters. The first-order valence-corrected chi connectivity index (χ1v) is 10.5. The number of nitrogens with one attached hydrogen (secondary N) is 1. The van der Waals surface area contributed by atoms with E-state index in [1.54, 1.807) is 9.80 Å². The van der Waals surface area contributed by atoms with E-state index >= 15 is 0 Å². The van der Waals surface area contributed by atoms with Crippen molar-refractivity contribution in [1.29, 1.82) is 0 Å². The summed E-state index contributed by atoms with van der Waals surface area (Å²) in [6, 6.07) is 17.6. The maximum Gasteiger partial charge on any atom is 0.227 e. The van der Waals surface area contributed by atoms with Crippen molar-refractivity contribution < 1.29 is 14.4 Å². The minimum absolute atomic E-state index is 0.0196. The Morgan fingerprint density at radius 2 is 1.80 bits per heavy atom. The Kier molecular flexibility index (Phi) is 5.84. The number of nitrogens with zero attached hydrogens (tertiary/aromatic N) is 2. The van der Waals surface area contributed by atoms with Crippen molar-refractivity contribution in [3.8, 4) is 0 Å². The first-order chi connectivity index (χ1) is 14.5. The lowest BCUT2D eigenvalue weighted by Gasteiger charge is -2.25. The molecule has 0 aromatic heterocycles. The zero-order valence-electron chi connectivity index (χ0n) is 17.2. The molecule has 0 radical (unpaired) electrons. The molecule has 2 aromatic carbocycles. The molecule has 0 saturated carbocycles. The molecule has 2 heterocycles. The predicted molar refractivity (Wildman–Crippen MR) is 115 cm³/mol. The van der Waals surface area contributed by atoms with Crippen LogP contribution in [-0.4, -0.2) is 35.7 Å². The van der Waals surface area contributed by atoms with Crippen LogP contribution in [-0.2, 0) is 20.9 Å². The van der Waals surface area contributed by atoms with Gasteiger partial charge in [-0.2, -0.15) is 0 Å². The van der Waals surface area contributed by atoms with Gasteiger partial charge in [0.25, 0.3) is 0 Å². The highest BCUT2D eigenvalue weighted by Gasteiger charge is 2.36. The van der Waals surface area contributed by atoms with Crippen LogP contribution in [0.2, 0.25) is 0 Å². The highest BCUT2D eigenvalue weighted by molar-refractivity contribution is 5.95. The third kappa shape index (κ3) is 4.22. The zero-order chi connectivity index (χ0) is 21.1. The number of carbonyl (C=O) groups excluding carboxylic acids is 3. The molecule has 1 N–H and O–H groups in total. The Balaban J connectivity index is 1.31. The first kappa shape index (κ1) is 20.1. The minimum atomic E-state index is -0.329. The van der Waals surface area contributed by atoms with Crippen molar-refractivity contribution in [1.82, 2.24) is 10.2 Å². The topological polar surface area (TPSA) is 69.7 Å². The summed E-state index contributed by atoms with van der Waals surface area (Å²) in [4.78, 5) is 40.6. The fraction of sp³-hybridized carbons (Fsp3) is 0.375. The second-order valence-corrected chi connectivity index (χ2v) is 8.07. The molecule has 6 nitrogen and oxygen atoms in total. The highest BCUT2D eigenvalue weighted by Crippen LogP contribution is 2.28. The lowest BCUT2D eigenvalue weighted by molar-refractivity contribution is -0.130. The standard InChI is InChI=1S/C24H27N3O3/c1-17(19-6-3-2-4-7-19)27-16-20(14-23(27)29)24(30)25-15-18-9-11-21(12-10-18)26-13-5-8-22(26)28/h2-4,6-7,9-12,17,20H,5,8,13-16H2,1H3,(H,25,30)/t17-,20+/m0/s1. The van der Waals surface area contributed by atoms with Gasteiger partial charge in [-0.15, -0.1) is 0 Å². The van der Waals surface area contributed by atoms with Gasteiger partial charge >= 0.3 is 0 Å². The highest BCUT2D eigenvalue weighted by atomic mass is 16.2. The second-order valence-electron chi connectivity index (χ2n) is 8.07. The SMILES string of the molecule is C[C@@H](c1ccccc1)N1C[C@H](C(=O)NCc2ccc(N3CCCC3=O)cc2)CC1=O. The molecule has 3 amide bonds. The molecule has 2 aliphatic heterocycles. The fourth-order valence-electron chi connectivity index (χ4n) is 4.24. The lowest BCUT2D eigenvalue weighted by Crippen LogP contribution is -2.33. The molecule has 2 aliphatic rings. The van der Waals surface area contributed by atoms with Crippen molar-refractivity contribution >= 4 is 23.4 Å². The Morgan fingerprint density at radius 1 is 1.07 bits per heavy atom. The van der Waals surface area contributed by atoms with Crippen LogP contribution in [0.4, 0.5) is 5.69 Å². The normalized spacial score (nSPS) is 20.0. The largest absolute Gasteiger partial charge is 0.352 e. The maximum absolute atomic E-state index is 12.6. The number of amides is 3. The summed E-state index contributed by atoms with van der Waals surface area (Å²) >= 11 is 0. The van der Waals surface area contributed by atoms with E-state index in [1.165, 1.54) is 0 Å². The summed E-state index contributed by atoms with van der Waals surface area (Å²) in [5.41, 5.74) is 2.94. The molecule has 2 fully saturated rings. The number of hydrogen-bond donors (Lipinski definition) is 1. The first-order valence-electron chi connectivity index (χ1n) is 10.5. The summed E-state index contributed by atoms with van der Waals surface area (Å²) in [7, 11) is 0. The van der Waals surface area contributed by atoms with Gasteiger partial charge < -0.3 is 15.1 Å². The van der Waals surface area contributed by atoms with E-state index in [9.17, 15) is 14.4 Å². The Hall–Kier alpha value is -3.15. The van der Waals surface area contributed by atoms with Gasteiger partial charge in [0.2, 0.25) is 17.7 Å². The van der Waals surface area contributed by atoms with Gasteiger partial charge in [-0.3, -0.25) is 14.4 Å². The van der Waals surface area contributed by atoms with Crippen LogP contribution >= 0.6 is 0 Å². The van der Waals surface area contributed by atoms with Crippen LogP contribution in [0.1, 0.15) is 43.4 Å². The third-order valence-corrected chi connectivity index (χ3v) is 6.07. The summed E-state index contributed by atoms with van der Waals surface area (Å²) in [6.07, 6.45) is 1.76. The van der Waals surface area contributed by atoms with E-state index in [1.807, 2.05) is 61.5 Å². The van der Waals surface area contributed by atoms with Crippen molar-refractivity contribution in [2.45, 2.75) is 38.8 Å². The Bertz CT molecular complexity index is 926. The van der Waals surface area contributed by atoms with Gasteiger partial charge in [0.15, 0.2) is 0 Å². The van der Waals surface area contributed by atoms with Gasteiger partial charge in [-0.25, -0.2) is 0 Å². The molecule has 0 aliphatic carbocycles. The van der Waals surface area contributed by atoms with Crippen LogP contribution in [0.25, 0.3) is 0 Å². The van der Waals surface area contributed by atoms with E-state index in [4.69, 9.17) is 0 Å². The van der Waals surface area contributed by atoms with Gasteiger partial charge in [0.1, 0.15) is 0 Å². The van der Waals surface area contributed by atoms with Gasteiger partial charge in [0.05, 0.1) is 12.0 Å². The number of hydrogen-bond acceptors (Lipinski definition) is 3.